The highest BCUT2D eigenvalue weighted by Crippen LogP contribution is 2.43. The zero-order chi connectivity index (χ0) is 48.0. The first-order chi connectivity index (χ1) is 32.4. The molecule has 0 aliphatic heterocycles. The molecule has 0 saturated carbocycles. The van der Waals surface area contributed by atoms with Crippen molar-refractivity contribution in [2.75, 3.05) is 33.0 Å². The van der Waals surface area contributed by atoms with Crippen LogP contribution in [0.4, 0.5) is 0 Å². The molecule has 0 amide bonds. The molecule has 0 aromatic carbocycles. The van der Waals surface area contributed by atoms with E-state index in [1.54, 1.807) is 0 Å². The molecular weight excluding hydrogens is 842 g/mol. The standard InChI is InChI=1S/C57H114NO7P/c1-3-5-7-9-11-13-15-17-19-21-23-25-26-27-28-29-31-33-35-37-39-41-43-45-47-49-52-62-54-56(55-64-66(60,61)63-53-51-58)65-57(59)50-48-46-44-42-40-38-36-34-32-30-24-22-20-18-16-14-12-10-8-6-4-2/h22,24,56H,3-21,23,25-55,58H2,1-2H3,(H,60,61)/b24-22-. The van der Waals surface area contributed by atoms with Crippen LogP contribution in [0.15, 0.2) is 12.2 Å². The molecule has 0 rings (SSSR count). The number of hydrogen-bond donors (Lipinski definition) is 2. The fraction of sp³-hybridized carbons (Fsp3) is 0.947. The first-order valence-corrected chi connectivity index (χ1v) is 30.7. The summed E-state index contributed by atoms with van der Waals surface area (Å²) in [5.74, 6) is -0.324. The van der Waals surface area contributed by atoms with Gasteiger partial charge in [-0.05, 0) is 38.5 Å². The van der Waals surface area contributed by atoms with E-state index in [4.69, 9.17) is 24.3 Å². The Bertz CT molecular complexity index is 1030. The average Bonchev–Trinajstić information content (AvgIpc) is 3.31. The van der Waals surface area contributed by atoms with Crippen molar-refractivity contribution < 1.29 is 32.8 Å². The molecule has 0 fully saturated rings. The average molecular weight is 957 g/mol. The van der Waals surface area contributed by atoms with E-state index in [9.17, 15) is 14.3 Å². The van der Waals surface area contributed by atoms with Gasteiger partial charge in [0.2, 0.25) is 0 Å². The first-order valence-electron chi connectivity index (χ1n) is 29.2. The van der Waals surface area contributed by atoms with Gasteiger partial charge >= 0.3 is 13.8 Å². The maximum atomic E-state index is 12.7. The number of ether oxygens (including phenoxy) is 2. The molecule has 0 radical (unpaired) electrons. The number of esters is 1. The molecule has 2 unspecified atom stereocenters. The van der Waals surface area contributed by atoms with Crippen LogP contribution in [0.3, 0.4) is 0 Å². The molecule has 2 atom stereocenters. The SMILES string of the molecule is CCCCCCCCCC/C=C\CCCCCCCCCCCC(=O)OC(COCCCCCCCCCCCCCCCCCCCCCCCCCCCC)COP(=O)(O)OCCN. The van der Waals surface area contributed by atoms with Gasteiger partial charge in [-0.3, -0.25) is 13.8 Å². The zero-order valence-electron chi connectivity index (χ0n) is 44.2. The van der Waals surface area contributed by atoms with Gasteiger partial charge in [0.15, 0.2) is 0 Å². The van der Waals surface area contributed by atoms with Crippen LogP contribution in [-0.4, -0.2) is 49.9 Å². The molecule has 0 aromatic rings. The number of phosphoric ester groups is 1. The number of phosphoric acid groups is 1. The second-order valence-corrected chi connectivity index (χ2v) is 21.3. The highest BCUT2D eigenvalue weighted by Gasteiger charge is 2.25. The van der Waals surface area contributed by atoms with Gasteiger partial charge in [0.05, 0.1) is 19.8 Å². The number of carbonyl (C=O) groups is 1. The molecule has 0 bridgehead atoms. The van der Waals surface area contributed by atoms with Gasteiger partial charge in [0.25, 0.3) is 0 Å². The number of hydrogen-bond acceptors (Lipinski definition) is 7. The summed E-state index contributed by atoms with van der Waals surface area (Å²) in [6.45, 7) is 5.00. The quantitative estimate of drug-likeness (QED) is 0.0268. The van der Waals surface area contributed by atoms with Crippen LogP contribution in [0.1, 0.15) is 309 Å². The summed E-state index contributed by atoms with van der Waals surface area (Å²) in [6.07, 6.45) is 64.1. The van der Waals surface area contributed by atoms with E-state index in [0.29, 0.717) is 13.0 Å². The molecule has 0 aliphatic rings. The fourth-order valence-corrected chi connectivity index (χ4v) is 9.64. The highest BCUT2D eigenvalue weighted by molar-refractivity contribution is 7.47. The zero-order valence-corrected chi connectivity index (χ0v) is 45.1. The summed E-state index contributed by atoms with van der Waals surface area (Å²) in [7, 11) is -4.28. The van der Waals surface area contributed by atoms with E-state index in [-0.39, 0.29) is 32.3 Å². The normalized spacial score (nSPS) is 13.2. The van der Waals surface area contributed by atoms with Gasteiger partial charge in [-0.25, -0.2) is 4.57 Å². The Balaban J connectivity index is 3.82. The van der Waals surface area contributed by atoms with E-state index in [2.05, 4.69) is 26.0 Å². The smallest absolute Gasteiger partial charge is 0.457 e. The minimum absolute atomic E-state index is 0.0918. The monoisotopic (exact) mass is 956 g/mol. The van der Waals surface area contributed by atoms with Crippen molar-refractivity contribution in [3.63, 3.8) is 0 Å². The van der Waals surface area contributed by atoms with Crippen LogP contribution < -0.4 is 5.73 Å². The second-order valence-electron chi connectivity index (χ2n) is 19.9. The van der Waals surface area contributed by atoms with Crippen molar-refractivity contribution >= 4 is 13.8 Å². The minimum atomic E-state index is -4.28. The van der Waals surface area contributed by atoms with Crippen LogP contribution in [0, 0.1) is 0 Å². The Hall–Kier alpha value is -0.760. The lowest BCUT2D eigenvalue weighted by molar-refractivity contribution is -0.154. The summed E-state index contributed by atoms with van der Waals surface area (Å²) in [6, 6.07) is 0. The maximum Gasteiger partial charge on any atom is 0.472 e. The van der Waals surface area contributed by atoms with E-state index < -0.39 is 13.9 Å². The molecule has 0 spiro atoms. The summed E-state index contributed by atoms with van der Waals surface area (Å²) in [5, 5.41) is 0. The van der Waals surface area contributed by atoms with E-state index >= 15 is 0 Å². The van der Waals surface area contributed by atoms with Gasteiger partial charge in [-0.2, -0.15) is 0 Å². The Morgan fingerprint density at radius 1 is 0.439 bits per heavy atom. The van der Waals surface area contributed by atoms with E-state index in [1.165, 1.54) is 257 Å². The largest absolute Gasteiger partial charge is 0.472 e. The summed E-state index contributed by atoms with van der Waals surface area (Å²) in [5.41, 5.74) is 5.40. The van der Waals surface area contributed by atoms with Crippen LogP contribution in [0.2, 0.25) is 0 Å². The van der Waals surface area contributed by atoms with Gasteiger partial charge in [0.1, 0.15) is 6.10 Å². The van der Waals surface area contributed by atoms with Crippen LogP contribution in [0.5, 0.6) is 0 Å². The topological polar surface area (TPSA) is 117 Å². The third kappa shape index (κ3) is 54.2. The van der Waals surface area contributed by atoms with Crippen LogP contribution >= 0.6 is 7.82 Å². The van der Waals surface area contributed by atoms with E-state index in [1.807, 2.05) is 0 Å². The Morgan fingerprint density at radius 2 is 0.758 bits per heavy atom. The Labute approximate surface area is 411 Å². The molecule has 3 N–H and O–H groups in total. The predicted molar refractivity (Wildman–Crippen MR) is 284 cm³/mol. The molecular formula is C57H114NO7P. The first kappa shape index (κ1) is 65.2. The van der Waals surface area contributed by atoms with Crippen molar-refractivity contribution in [2.24, 2.45) is 5.73 Å². The molecule has 66 heavy (non-hydrogen) atoms. The summed E-state index contributed by atoms with van der Waals surface area (Å²) in [4.78, 5) is 22.7. The number of unbranched alkanes of at least 4 members (excludes halogenated alkanes) is 42. The predicted octanol–water partition coefficient (Wildman–Crippen LogP) is 18.5. The molecule has 0 aromatic heterocycles. The molecule has 9 heteroatoms. The number of rotatable bonds is 57. The number of allylic oxidation sites excluding steroid dienone is 2. The van der Waals surface area contributed by atoms with E-state index in [0.717, 1.165) is 32.1 Å². The second kappa shape index (κ2) is 55.2. The Morgan fingerprint density at radius 3 is 1.11 bits per heavy atom. The van der Waals surface area contributed by atoms with Crippen molar-refractivity contribution in [3.8, 4) is 0 Å². The lowest BCUT2D eigenvalue weighted by Gasteiger charge is -2.20. The van der Waals surface area contributed by atoms with Gasteiger partial charge in [-0.15, -0.1) is 0 Å². The molecule has 0 saturated heterocycles. The minimum Gasteiger partial charge on any atom is -0.457 e. The molecule has 0 heterocycles. The molecule has 0 aliphatic carbocycles. The van der Waals surface area contributed by atoms with Crippen molar-refractivity contribution in [1.82, 2.24) is 0 Å². The number of carbonyl (C=O) groups excluding carboxylic acids is 1. The van der Waals surface area contributed by atoms with Crippen molar-refractivity contribution in [2.45, 2.75) is 315 Å². The van der Waals surface area contributed by atoms with Crippen LogP contribution in [0.25, 0.3) is 0 Å². The Kier molecular flexibility index (Phi) is 54.5. The van der Waals surface area contributed by atoms with Gasteiger partial charge in [0, 0.05) is 19.6 Å². The van der Waals surface area contributed by atoms with Crippen molar-refractivity contribution in [1.29, 1.82) is 0 Å². The third-order valence-corrected chi connectivity index (χ3v) is 14.2. The van der Waals surface area contributed by atoms with Gasteiger partial charge in [-0.1, -0.05) is 276 Å². The summed E-state index contributed by atoms with van der Waals surface area (Å²) < 4.78 is 33.7. The highest BCUT2D eigenvalue weighted by atomic mass is 31.2. The lowest BCUT2D eigenvalue weighted by atomic mass is 10.0. The lowest BCUT2D eigenvalue weighted by Crippen LogP contribution is -2.28. The van der Waals surface area contributed by atoms with Gasteiger partial charge < -0.3 is 20.1 Å². The fourth-order valence-electron chi connectivity index (χ4n) is 8.88. The molecule has 394 valence electrons. The van der Waals surface area contributed by atoms with Crippen LogP contribution in [-0.2, 0) is 27.9 Å². The number of nitrogens with two attached hydrogens (primary N) is 1. The summed E-state index contributed by atoms with van der Waals surface area (Å²) >= 11 is 0. The maximum absolute atomic E-state index is 12.7. The van der Waals surface area contributed by atoms with Crippen molar-refractivity contribution in [3.05, 3.63) is 12.2 Å². The molecule has 8 nitrogen and oxygen atoms in total. The third-order valence-electron chi connectivity index (χ3n) is 13.2.